The van der Waals surface area contributed by atoms with Gasteiger partial charge in [-0.3, -0.25) is 0 Å². The molecule has 0 aliphatic carbocycles. The number of hydrogen-bond donors (Lipinski definition) is 2. The third-order valence-corrected chi connectivity index (χ3v) is 4.55. The van der Waals surface area contributed by atoms with Crippen molar-refractivity contribution in [3.63, 3.8) is 0 Å². The van der Waals surface area contributed by atoms with Gasteiger partial charge in [-0.1, -0.05) is 18.2 Å². The first-order chi connectivity index (χ1) is 12.2. The number of amides is 1. The van der Waals surface area contributed by atoms with E-state index in [1.165, 1.54) is 5.56 Å². The highest BCUT2D eigenvalue weighted by Gasteiger charge is 2.24. The van der Waals surface area contributed by atoms with Gasteiger partial charge in [0.25, 0.3) is 0 Å². The first-order valence-corrected chi connectivity index (χ1v) is 8.88. The SMILES string of the molecule is CCOC(=O)N1CCC(NC(N)=NCC2Cc3ccccc3O2)CC1.I. The van der Waals surface area contributed by atoms with Crippen LogP contribution in [-0.4, -0.2) is 55.3 Å². The third-order valence-electron chi connectivity index (χ3n) is 4.55. The van der Waals surface area contributed by atoms with E-state index < -0.39 is 0 Å². The van der Waals surface area contributed by atoms with Crippen molar-refractivity contribution in [3.05, 3.63) is 29.8 Å². The van der Waals surface area contributed by atoms with Crippen LogP contribution in [-0.2, 0) is 11.2 Å². The Morgan fingerprint density at radius 2 is 2.12 bits per heavy atom. The Kier molecular flexibility index (Phi) is 7.80. The van der Waals surface area contributed by atoms with Gasteiger partial charge in [-0.15, -0.1) is 24.0 Å². The van der Waals surface area contributed by atoms with Crippen LogP contribution in [0.15, 0.2) is 29.3 Å². The molecule has 2 aliphatic heterocycles. The molecular formula is C18H27IN4O3. The summed E-state index contributed by atoms with van der Waals surface area (Å²) < 4.78 is 10.9. The molecule has 1 atom stereocenters. The van der Waals surface area contributed by atoms with Gasteiger partial charge in [0, 0.05) is 25.6 Å². The average Bonchev–Trinajstić information content (AvgIpc) is 3.04. The van der Waals surface area contributed by atoms with Crippen molar-refractivity contribution in [2.24, 2.45) is 10.7 Å². The largest absolute Gasteiger partial charge is 0.488 e. The summed E-state index contributed by atoms with van der Waals surface area (Å²) in [5, 5.41) is 3.25. The van der Waals surface area contributed by atoms with Crippen molar-refractivity contribution < 1.29 is 14.3 Å². The molecule has 7 nitrogen and oxygen atoms in total. The van der Waals surface area contributed by atoms with Gasteiger partial charge in [-0.25, -0.2) is 9.79 Å². The van der Waals surface area contributed by atoms with Crippen LogP contribution >= 0.6 is 24.0 Å². The number of para-hydroxylation sites is 1. The summed E-state index contributed by atoms with van der Waals surface area (Å²) in [6, 6.07) is 8.29. The van der Waals surface area contributed by atoms with Crippen LogP contribution < -0.4 is 15.8 Å². The number of nitrogens with one attached hydrogen (secondary N) is 1. The Bertz CT molecular complexity index is 608. The molecule has 0 spiro atoms. The first-order valence-electron chi connectivity index (χ1n) is 8.88. The highest BCUT2D eigenvalue weighted by molar-refractivity contribution is 14.0. The van der Waals surface area contributed by atoms with Crippen molar-refractivity contribution >= 4 is 36.0 Å². The fraction of sp³-hybridized carbons (Fsp3) is 0.556. The smallest absolute Gasteiger partial charge is 0.409 e. The zero-order chi connectivity index (χ0) is 17.6. The van der Waals surface area contributed by atoms with E-state index in [-0.39, 0.29) is 42.2 Å². The maximum Gasteiger partial charge on any atom is 0.409 e. The number of likely N-dealkylation sites (tertiary alicyclic amines) is 1. The molecule has 2 aliphatic rings. The van der Waals surface area contributed by atoms with E-state index in [2.05, 4.69) is 16.4 Å². The van der Waals surface area contributed by atoms with Gasteiger partial charge in [-0.2, -0.15) is 0 Å². The normalized spacial score (nSPS) is 20.0. The van der Waals surface area contributed by atoms with E-state index in [9.17, 15) is 4.79 Å². The summed E-state index contributed by atoms with van der Waals surface area (Å²) in [6.07, 6.45) is 2.34. The molecule has 1 aromatic carbocycles. The average molecular weight is 474 g/mol. The zero-order valence-electron chi connectivity index (χ0n) is 15.0. The van der Waals surface area contributed by atoms with Crippen molar-refractivity contribution in [1.29, 1.82) is 0 Å². The molecular weight excluding hydrogens is 447 g/mol. The molecule has 2 heterocycles. The number of carbonyl (C=O) groups is 1. The van der Waals surface area contributed by atoms with Crippen molar-refractivity contribution in [3.8, 4) is 5.75 Å². The third kappa shape index (κ3) is 5.39. The van der Waals surface area contributed by atoms with Crippen LogP contribution in [0.3, 0.4) is 0 Å². The Morgan fingerprint density at radius 3 is 2.81 bits per heavy atom. The number of nitrogens with zero attached hydrogens (tertiary/aromatic N) is 2. The fourth-order valence-electron chi connectivity index (χ4n) is 3.23. The number of hydrogen-bond acceptors (Lipinski definition) is 4. The number of guanidine groups is 1. The number of benzene rings is 1. The number of rotatable bonds is 4. The number of fused-ring (bicyclic) bond motifs is 1. The maximum atomic E-state index is 11.7. The second kappa shape index (κ2) is 9.84. The van der Waals surface area contributed by atoms with E-state index >= 15 is 0 Å². The minimum atomic E-state index is -0.236. The zero-order valence-corrected chi connectivity index (χ0v) is 17.3. The van der Waals surface area contributed by atoms with Crippen LogP contribution in [0.25, 0.3) is 0 Å². The number of ether oxygens (including phenoxy) is 2. The van der Waals surface area contributed by atoms with Gasteiger partial charge in [0.1, 0.15) is 11.9 Å². The molecule has 3 N–H and O–H groups in total. The standard InChI is InChI=1S/C18H26N4O3.HI/c1-2-24-18(23)22-9-7-14(8-10-22)21-17(19)20-12-15-11-13-5-3-4-6-16(13)25-15;/h3-6,14-15H,2,7-12H2,1H3,(H3,19,20,21);1H. The summed E-state index contributed by atoms with van der Waals surface area (Å²) in [5.74, 6) is 1.38. The number of piperidine rings is 1. The Hall–Kier alpha value is -1.71. The predicted molar refractivity (Wildman–Crippen MR) is 111 cm³/mol. The fourth-order valence-corrected chi connectivity index (χ4v) is 3.23. The monoisotopic (exact) mass is 474 g/mol. The Labute approximate surface area is 171 Å². The molecule has 0 radical (unpaired) electrons. The summed E-state index contributed by atoms with van der Waals surface area (Å²) in [7, 11) is 0. The van der Waals surface area contributed by atoms with Crippen molar-refractivity contribution in [1.82, 2.24) is 10.2 Å². The number of carbonyl (C=O) groups excluding carboxylic acids is 1. The van der Waals surface area contributed by atoms with E-state index in [0.717, 1.165) is 25.0 Å². The molecule has 144 valence electrons. The molecule has 1 fully saturated rings. The molecule has 0 bridgehead atoms. The summed E-state index contributed by atoms with van der Waals surface area (Å²) in [5.41, 5.74) is 7.23. The minimum absolute atomic E-state index is 0. The van der Waals surface area contributed by atoms with Crippen molar-refractivity contribution in [2.45, 2.75) is 38.3 Å². The predicted octanol–water partition coefficient (Wildman–Crippen LogP) is 2.13. The van der Waals surface area contributed by atoms with Crippen LogP contribution in [0, 0.1) is 0 Å². The second-order valence-electron chi connectivity index (χ2n) is 6.38. The minimum Gasteiger partial charge on any atom is -0.488 e. The molecule has 8 heteroatoms. The molecule has 0 saturated carbocycles. The lowest BCUT2D eigenvalue weighted by molar-refractivity contribution is 0.0963. The van der Waals surface area contributed by atoms with Crippen LogP contribution in [0.5, 0.6) is 5.75 Å². The van der Waals surface area contributed by atoms with Gasteiger partial charge in [0.2, 0.25) is 0 Å². The summed E-state index contributed by atoms with van der Waals surface area (Å²) in [6.45, 7) is 4.10. The molecule has 1 amide bonds. The van der Waals surface area contributed by atoms with E-state index in [1.54, 1.807) is 4.90 Å². The second-order valence-corrected chi connectivity index (χ2v) is 6.38. The topological polar surface area (TPSA) is 89.2 Å². The number of halogens is 1. The molecule has 26 heavy (non-hydrogen) atoms. The summed E-state index contributed by atoms with van der Waals surface area (Å²) >= 11 is 0. The Balaban J connectivity index is 0.00000243. The van der Waals surface area contributed by atoms with Crippen LogP contribution in [0.2, 0.25) is 0 Å². The summed E-state index contributed by atoms with van der Waals surface area (Å²) in [4.78, 5) is 17.8. The quantitative estimate of drug-likeness (QED) is 0.397. The van der Waals surface area contributed by atoms with Gasteiger partial charge < -0.3 is 25.4 Å². The number of nitrogens with two attached hydrogens (primary N) is 1. The molecule has 0 aromatic heterocycles. The highest BCUT2D eigenvalue weighted by Crippen LogP contribution is 2.28. The molecule has 1 unspecified atom stereocenters. The van der Waals surface area contributed by atoms with Crippen LogP contribution in [0.4, 0.5) is 4.79 Å². The van der Waals surface area contributed by atoms with Gasteiger partial charge in [-0.05, 0) is 31.4 Å². The lowest BCUT2D eigenvalue weighted by Crippen LogP contribution is -2.48. The van der Waals surface area contributed by atoms with Crippen molar-refractivity contribution in [2.75, 3.05) is 26.2 Å². The first kappa shape index (κ1) is 20.6. The van der Waals surface area contributed by atoms with Gasteiger partial charge in [0.05, 0.1) is 13.2 Å². The maximum absolute atomic E-state index is 11.7. The van der Waals surface area contributed by atoms with E-state index in [1.807, 2.05) is 25.1 Å². The van der Waals surface area contributed by atoms with Gasteiger partial charge >= 0.3 is 6.09 Å². The van der Waals surface area contributed by atoms with Crippen LogP contribution in [0.1, 0.15) is 25.3 Å². The van der Waals surface area contributed by atoms with E-state index in [0.29, 0.717) is 32.2 Å². The highest BCUT2D eigenvalue weighted by atomic mass is 127. The lowest BCUT2D eigenvalue weighted by Gasteiger charge is -2.31. The van der Waals surface area contributed by atoms with E-state index in [4.69, 9.17) is 15.2 Å². The Morgan fingerprint density at radius 1 is 1.38 bits per heavy atom. The van der Waals surface area contributed by atoms with Gasteiger partial charge in [0.15, 0.2) is 5.96 Å². The number of aliphatic imine (C=N–C) groups is 1. The molecule has 1 aromatic rings. The molecule has 1 saturated heterocycles. The lowest BCUT2D eigenvalue weighted by atomic mass is 10.1. The molecule has 3 rings (SSSR count).